The number of aryl methyl sites for hydroxylation is 1. The smallest absolute Gasteiger partial charge is 0.327 e. The molecule has 3 aliphatic rings. The van der Waals surface area contributed by atoms with Crippen molar-refractivity contribution in [3.05, 3.63) is 52.8 Å². The number of H-pyrrole nitrogens is 1. The lowest BCUT2D eigenvalue weighted by molar-refractivity contribution is 0.391. The minimum absolute atomic E-state index is 0.0694. The van der Waals surface area contributed by atoms with Crippen molar-refractivity contribution in [1.82, 2.24) is 9.55 Å². The molecule has 1 saturated carbocycles. The highest BCUT2D eigenvalue weighted by Gasteiger charge is 2.35. The molecule has 3 aliphatic carbocycles. The van der Waals surface area contributed by atoms with Crippen molar-refractivity contribution in [2.75, 3.05) is 0 Å². The second-order valence-electron chi connectivity index (χ2n) is 8.78. The highest BCUT2D eigenvalue weighted by Crippen LogP contribution is 2.44. The van der Waals surface area contributed by atoms with Crippen molar-refractivity contribution in [3.63, 3.8) is 0 Å². The molecule has 2 heterocycles. The largest absolute Gasteiger partial charge is 0.329 e. The number of halogens is 1. The summed E-state index contributed by atoms with van der Waals surface area (Å²) in [5.74, 6) is -0.146. The second-order valence-corrected chi connectivity index (χ2v) is 9.95. The van der Waals surface area contributed by atoms with Crippen LogP contribution in [0, 0.1) is 0 Å². The zero-order valence-electron chi connectivity index (χ0n) is 16.7. The van der Waals surface area contributed by atoms with Gasteiger partial charge in [-0.3, -0.25) is 14.3 Å². The van der Waals surface area contributed by atoms with E-state index in [2.05, 4.69) is 11.1 Å². The molecule has 0 aliphatic heterocycles. The van der Waals surface area contributed by atoms with Gasteiger partial charge >= 0.3 is 5.69 Å². The molecule has 0 aromatic carbocycles. The number of thiophene rings is 1. The zero-order chi connectivity index (χ0) is 20.4. The molecule has 3 N–H and O–H groups in total. The lowest BCUT2D eigenvalue weighted by Crippen LogP contribution is -2.57. The molecule has 4 atom stereocenters. The van der Waals surface area contributed by atoms with Crippen LogP contribution in [0.3, 0.4) is 0 Å². The Hall–Kier alpha value is -1.99. The average Bonchev–Trinajstić information content (AvgIpc) is 3.40. The summed E-state index contributed by atoms with van der Waals surface area (Å²) in [6, 6.07) is 2.31. The van der Waals surface area contributed by atoms with Gasteiger partial charge in [-0.25, -0.2) is 9.18 Å². The van der Waals surface area contributed by atoms with Crippen molar-refractivity contribution < 1.29 is 4.39 Å². The predicted octanol–water partition coefficient (Wildman–Crippen LogP) is 1.79. The van der Waals surface area contributed by atoms with Crippen molar-refractivity contribution in [2.45, 2.75) is 76.0 Å². The lowest BCUT2D eigenvalue weighted by atomic mass is 9.82. The van der Waals surface area contributed by atoms with Crippen LogP contribution in [0.15, 0.2) is 15.7 Å². The Morgan fingerprint density at radius 3 is 2.76 bits per heavy atom. The van der Waals surface area contributed by atoms with Crippen molar-refractivity contribution in [1.29, 1.82) is 0 Å². The molecule has 29 heavy (non-hydrogen) atoms. The molecule has 2 aromatic heterocycles. The average molecular weight is 416 g/mol. The van der Waals surface area contributed by atoms with Gasteiger partial charge in [-0.2, -0.15) is 0 Å². The van der Waals surface area contributed by atoms with E-state index in [9.17, 15) is 9.59 Å². The maximum atomic E-state index is 15.4. The molecule has 7 heteroatoms. The van der Waals surface area contributed by atoms with Gasteiger partial charge in [0, 0.05) is 21.8 Å². The van der Waals surface area contributed by atoms with Crippen molar-refractivity contribution in [3.8, 4) is 0 Å². The highest BCUT2D eigenvalue weighted by molar-refractivity contribution is 7.12. The standard InChI is InChI=1S/C22H26FN3O2S/c1-10-19(18-9-14-13(11(2)24)4-3-5-17(14)29-18)16(23)8-15-20(10)26(12-6-7-12)22(28)25-21(15)27/h8-9,11-13,16,19H,3-7,24H2,1-2H3,(H,25,27,28). The molecule has 5 nitrogen and oxygen atoms in total. The topological polar surface area (TPSA) is 80.9 Å². The van der Waals surface area contributed by atoms with Gasteiger partial charge < -0.3 is 5.73 Å². The Morgan fingerprint density at radius 2 is 2.07 bits per heavy atom. The Kier molecular flexibility index (Phi) is 4.44. The van der Waals surface area contributed by atoms with E-state index < -0.39 is 17.6 Å². The number of nitrogens with one attached hydrogen (secondary N) is 1. The second kappa shape index (κ2) is 6.77. The highest BCUT2D eigenvalue weighted by atomic mass is 32.1. The van der Waals surface area contributed by atoms with Gasteiger partial charge in [0.15, 0.2) is 0 Å². The molecule has 0 spiro atoms. The quantitative estimate of drug-likeness (QED) is 0.802. The third-order valence-corrected chi connectivity index (χ3v) is 7.99. The molecule has 5 rings (SSSR count). The number of hydrogen-bond acceptors (Lipinski definition) is 4. The van der Waals surface area contributed by atoms with E-state index in [1.54, 1.807) is 15.9 Å². The summed E-state index contributed by atoms with van der Waals surface area (Å²) >= 11 is 1.67. The van der Waals surface area contributed by atoms with Gasteiger partial charge in [-0.15, -0.1) is 11.3 Å². The molecule has 0 radical (unpaired) electrons. The maximum Gasteiger partial charge on any atom is 0.329 e. The van der Waals surface area contributed by atoms with Gasteiger partial charge in [0.2, 0.25) is 0 Å². The number of nitrogens with two attached hydrogens (primary N) is 1. The van der Waals surface area contributed by atoms with E-state index in [0.29, 0.717) is 16.5 Å². The molecular weight excluding hydrogens is 389 g/mol. The number of rotatable bonds is 3. The molecule has 4 unspecified atom stereocenters. The van der Waals surface area contributed by atoms with Gasteiger partial charge in [0.1, 0.15) is 6.17 Å². The summed E-state index contributed by atoms with van der Waals surface area (Å²) in [5, 5.41) is 0.919. The number of nitrogens with zero attached hydrogens (tertiary/aromatic N) is 1. The van der Waals surface area contributed by atoms with Crippen LogP contribution >= 0.6 is 11.3 Å². The number of alkyl halides is 1. The van der Waals surface area contributed by atoms with Gasteiger partial charge in [-0.05, 0) is 75.1 Å². The SMILES string of the molecule is CC1=c2c(c(=O)[nH]c(=O)n2C2CC2)=CC(F)C1c1cc2c(s1)CCCC2C(C)N. The molecule has 1 fully saturated rings. The third-order valence-electron chi connectivity index (χ3n) is 6.70. The number of hydrogen-bond donors (Lipinski definition) is 2. The summed E-state index contributed by atoms with van der Waals surface area (Å²) in [6.07, 6.45) is 5.14. The predicted molar refractivity (Wildman–Crippen MR) is 114 cm³/mol. The summed E-state index contributed by atoms with van der Waals surface area (Å²) in [7, 11) is 0. The van der Waals surface area contributed by atoms with Crippen LogP contribution in [0.1, 0.15) is 72.7 Å². The molecule has 0 bridgehead atoms. The van der Waals surface area contributed by atoms with E-state index in [1.807, 2.05) is 13.8 Å². The zero-order valence-corrected chi connectivity index (χ0v) is 17.5. The molecular formula is C22H26FN3O2S. The monoisotopic (exact) mass is 415 g/mol. The van der Waals surface area contributed by atoms with E-state index >= 15 is 4.39 Å². The molecule has 0 amide bonds. The van der Waals surface area contributed by atoms with Crippen molar-refractivity contribution >= 4 is 23.0 Å². The van der Waals surface area contributed by atoms with Crippen LogP contribution in [0.5, 0.6) is 0 Å². The molecule has 0 saturated heterocycles. The van der Waals surface area contributed by atoms with E-state index in [4.69, 9.17) is 5.73 Å². The number of aromatic nitrogens is 2. The van der Waals surface area contributed by atoms with Crippen LogP contribution in [-0.2, 0) is 6.42 Å². The normalized spacial score (nSPS) is 27.2. The summed E-state index contributed by atoms with van der Waals surface area (Å²) in [4.78, 5) is 29.6. The fourth-order valence-electron chi connectivity index (χ4n) is 5.12. The number of aromatic amines is 1. The Labute approximate surface area is 171 Å². The van der Waals surface area contributed by atoms with Crippen molar-refractivity contribution in [2.24, 2.45) is 5.73 Å². The van der Waals surface area contributed by atoms with Crippen LogP contribution in [-0.4, -0.2) is 21.8 Å². The summed E-state index contributed by atoms with van der Waals surface area (Å²) in [6.45, 7) is 3.92. The Bertz CT molecular complexity index is 1220. The minimum atomic E-state index is -1.29. The summed E-state index contributed by atoms with van der Waals surface area (Å²) in [5.41, 5.74) is 7.39. The van der Waals surface area contributed by atoms with Gasteiger partial charge in [0.05, 0.1) is 16.5 Å². The van der Waals surface area contributed by atoms with E-state index in [1.165, 1.54) is 16.5 Å². The first kappa shape index (κ1) is 19.0. The van der Waals surface area contributed by atoms with Crippen LogP contribution < -0.4 is 27.6 Å². The van der Waals surface area contributed by atoms with E-state index in [-0.39, 0.29) is 17.8 Å². The summed E-state index contributed by atoms with van der Waals surface area (Å²) < 4.78 is 17.1. The Morgan fingerprint density at radius 1 is 1.31 bits per heavy atom. The molecule has 154 valence electrons. The van der Waals surface area contributed by atoms with E-state index in [0.717, 1.165) is 42.6 Å². The van der Waals surface area contributed by atoms with Crippen LogP contribution in [0.2, 0.25) is 0 Å². The first-order valence-corrected chi connectivity index (χ1v) is 11.3. The first-order chi connectivity index (χ1) is 13.9. The van der Waals surface area contributed by atoms with Crippen LogP contribution in [0.25, 0.3) is 11.6 Å². The fourth-order valence-corrected chi connectivity index (χ4v) is 6.60. The lowest BCUT2D eigenvalue weighted by Gasteiger charge is -2.25. The van der Waals surface area contributed by atoms with Gasteiger partial charge in [-0.1, -0.05) is 0 Å². The third kappa shape index (κ3) is 2.97. The first-order valence-electron chi connectivity index (χ1n) is 10.5. The van der Waals surface area contributed by atoms with Crippen LogP contribution in [0.4, 0.5) is 4.39 Å². The number of fused-ring (bicyclic) bond motifs is 2. The Balaban J connectivity index is 1.72. The fraction of sp³-hybridized carbons (Fsp3) is 0.545. The molecule has 2 aromatic rings. The maximum absolute atomic E-state index is 15.4. The van der Waals surface area contributed by atoms with Gasteiger partial charge in [0.25, 0.3) is 5.56 Å². The minimum Gasteiger partial charge on any atom is -0.327 e.